The second kappa shape index (κ2) is 7.32. The Morgan fingerprint density at radius 3 is 2.59 bits per heavy atom. The molecule has 0 bridgehead atoms. The summed E-state index contributed by atoms with van der Waals surface area (Å²) >= 11 is 0. The van der Waals surface area contributed by atoms with Crippen LogP contribution in [-0.4, -0.2) is 30.2 Å². The summed E-state index contributed by atoms with van der Waals surface area (Å²) in [7, 11) is 0. The lowest BCUT2D eigenvalue weighted by molar-refractivity contribution is -0.384. The molecule has 1 N–H and O–H groups in total. The number of carbonyl (C=O) groups is 2. The molecule has 2 aromatic rings. The van der Waals surface area contributed by atoms with Gasteiger partial charge in [0.1, 0.15) is 5.69 Å². The molecule has 0 atom stereocenters. The summed E-state index contributed by atoms with van der Waals surface area (Å²) in [5.74, 6) is -0.473. The number of rotatable bonds is 5. The molecule has 2 aromatic carbocycles. The number of anilines is 1. The fourth-order valence-electron chi connectivity index (χ4n) is 2.48. The lowest BCUT2D eigenvalue weighted by atomic mass is 10.1. The summed E-state index contributed by atoms with van der Waals surface area (Å²) in [6.07, 6.45) is 0. The van der Waals surface area contributed by atoms with E-state index in [-0.39, 0.29) is 23.7 Å². The highest BCUT2D eigenvalue weighted by atomic mass is 16.7. The number of nitrogens with one attached hydrogen (secondary N) is 1. The van der Waals surface area contributed by atoms with Crippen molar-refractivity contribution in [3.8, 4) is 11.5 Å². The van der Waals surface area contributed by atoms with Gasteiger partial charge in [-0.05, 0) is 49.2 Å². The number of fused-ring (bicyclic) bond motifs is 1. The number of carbonyl (C=O) groups excluding carboxylic acids is 2. The average molecular weight is 372 g/mol. The molecule has 0 saturated carbocycles. The van der Waals surface area contributed by atoms with Crippen LogP contribution in [-0.2, 0) is 9.53 Å². The minimum atomic E-state index is -0.724. The van der Waals surface area contributed by atoms with Gasteiger partial charge in [0.25, 0.3) is 11.6 Å². The largest absolute Gasteiger partial charge is 0.454 e. The maximum absolute atomic E-state index is 12.1. The number of nitro groups is 1. The Morgan fingerprint density at radius 1 is 1.15 bits per heavy atom. The molecule has 0 aliphatic carbocycles. The van der Waals surface area contributed by atoms with Crippen molar-refractivity contribution in [1.29, 1.82) is 0 Å². The summed E-state index contributed by atoms with van der Waals surface area (Å²) < 4.78 is 15.3. The lowest BCUT2D eigenvalue weighted by Crippen LogP contribution is -2.21. The summed E-state index contributed by atoms with van der Waals surface area (Å²) in [6.45, 7) is 3.00. The van der Waals surface area contributed by atoms with Crippen LogP contribution in [0.5, 0.6) is 11.5 Å². The zero-order valence-electron chi connectivity index (χ0n) is 14.6. The number of esters is 1. The van der Waals surface area contributed by atoms with Gasteiger partial charge < -0.3 is 19.5 Å². The van der Waals surface area contributed by atoms with E-state index in [0.29, 0.717) is 11.5 Å². The van der Waals surface area contributed by atoms with E-state index in [1.165, 1.54) is 24.3 Å². The van der Waals surface area contributed by atoms with E-state index in [9.17, 15) is 19.7 Å². The second-order valence-corrected chi connectivity index (χ2v) is 5.90. The Morgan fingerprint density at radius 2 is 1.85 bits per heavy atom. The van der Waals surface area contributed by atoms with E-state index < -0.39 is 23.4 Å². The molecular formula is C18H16N2O7. The predicted molar refractivity (Wildman–Crippen MR) is 94.0 cm³/mol. The quantitative estimate of drug-likeness (QED) is 0.487. The number of aryl methyl sites for hydroxylation is 2. The molecule has 0 saturated heterocycles. The van der Waals surface area contributed by atoms with Gasteiger partial charge in [0, 0.05) is 6.07 Å². The first kappa shape index (κ1) is 18.2. The van der Waals surface area contributed by atoms with Crippen LogP contribution in [0.4, 0.5) is 11.4 Å². The number of nitro benzene ring substituents is 1. The van der Waals surface area contributed by atoms with Crippen LogP contribution in [0.15, 0.2) is 30.3 Å². The first-order chi connectivity index (χ1) is 12.8. The summed E-state index contributed by atoms with van der Waals surface area (Å²) in [4.78, 5) is 34.7. The Labute approximate surface area is 154 Å². The number of benzene rings is 2. The molecule has 1 heterocycles. The van der Waals surface area contributed by atoms with Crippen LogP contribution in [0.25, 0.3) is 0 Å². The molecule has 9 nitrogen and oxygen atoms in total. The summed E-state index contributed by atoms with van der Waals surface area (Å²) in [5, 5.41) is 13.6. The molecule has 0 aromatic heterocycles. The average Bonchev–Trinajstić information content (AvgIpc) is 3.10. The van der Waals surface area contributed by atoms with Crippen LogP contribution in [0, 0.1) is 24.0 Å². The third kappa shape index (κ3) is 3.97. The normalized spacial score (nSPS) is 11.8. The van der Waals surface area contributed by atoms with E-state index in [2.05, 4.69) is 5.32 Å². The van der Waals surface area contributed by atoms with Crippen molar-refractivity contribution in [3.63, 3.8) is 0 Å². The zero-order valence-corrected chi connectivity index (χ0v) is 14.6. The van der Waals surface area contributed by atoms with E-state index >= 15 is 0 Å². The Hall–Kier alpha value is -3.62. The Bertz CT molecular complexity index is 940. The third-order valence-corrected chi connectivity index (χ3v) is 4.03. The highest BCUT2D eigenvalue weighted by molar-refractivity contribution is 5.97. The number of ether oxygens (including phenoxy) is 3. The van der Waals surface area contributed by atoms with Crippen LogP contribution in [0.2, 0.25) is 0 Å². The van der Waals surface area contributed by atoms with Crippen molar-refractivity contribution < 1.29 is 28.7 Å². The predicted octanol–water partition coefficient (Wildman–Crippen LogP) is 2.74. The smallest absolute Gasteiger partial charge is 0.338 e. The molecule has 1 aliphatic heterocycles. The topological polar surface area (TPSA) is 117 Å². The number of nitrogens with zero attached hydrogens (tertiary/aromatic N) is 1. The highest BCUT2D eigenvalue weighted by Gasteiger charge is 2.20. The number of amides is 1. The van der Waals surface area contributed by atoms with Crippen molar-refractivity contribution in [3.05, 3.63) is 57.1 Å². The molecule has 140 valence electrons. The van der Waals surface area contributed by atoms with Gasteiger partial charge in [-0.25, -0.2) is 4.79 Å². The van der Waals surface area contributed by atoms with Gasteiger partial charge in [-0.3, -0.25) is 14.9 Å². The number of hydrogen-bond donors (Lipinski definition) is 1. The van der Waals surface area contributed by atoms with Crippen molar-refractivity contribution in [1.82, 2.24) is 0 Å². The molecule has 1 aliphatic rings. The fourth-order valence-corrected chi connectivity index (χ4v) is 2.48. The van der Waals surface area contributed by atoms with Gasteiger partial charge in [0.15, 0.2) is 18.1 Å². The molecule has 0 unspecified atom stereocenters. The molecule has 27 heavy (non-hydrogen) atoms. The molecule has 0 radical (unpaired) electrons. The van der Waals surface area contributed by atoms with Crippen molar-refractivity contribution in [2.75, 3.05) is 18.7 Å². The van der Waals surface area contributed by atoms with Gasteiger partial charge >= 0.3 is 5.97 Å². The van der Waals surface area contributed by atoms with Gasteiger partial charge in [-0.1, -0.05) is 0 Å². The van der Waals surface area contributed by atoms with E-state index in [4.69, 9.17) is 14.2 Å². The third-order valence-electron chi connectivity index (χ3n) is 4.03. The molecule has 0 fully saturated rings. The first-order valence-corrected chi connectivity index (χ1v) is 7.97. The standard InChI is InChI=1S/C18H16N2O7/c1-10-5-13(14(20(23)24)6-11(10)2)19-17(21)8-25-18(22)12-3-4-15-16(7-12)27-9-26-15/h3-7H,8-9H2,1-2H3,(H,19,21). The fraction of sp³-hybridized carbons (Fsp3) is 0.222. The van der Waals surface area contributed by atoms with E-state index in [1.807, 2.05) is 0 Å². The van der Waals surface area contributed by atoms with Gasteiger partial charge in [0.05, 0.1) is 10.5 Å². The SMILES string of the molecule is Cc1cc(NC(=O)COC(=O)c2ccc3c(c2)OCO3)c([N+](=O)[O-])cc1C. The summed E-state index contributed by atoms with van der Waals surface area (Å²) in [5.41, 5.74) is 1.53. The first-order valence-electron chi connectivity index (χ1n) is 7.97. The monoisotopic (exact) mass is 372 g/mol. The number of hydrogen-bond acceptors (Lipinski definition) is 7. The van der Waals surface area contributed by atoms with Crippen molar-refractivity contribution >= 4 is 23.3 Å². The van der Waals surface area contributed by atoms with Gasteiger partial charge in [0.2, 0.25) is 6.79 Å². The van der Waals surface area contributed by atoms with Gasteiger partial charge in [-0.15, -0.1) is 0 Å². The highest BCUT2D eigenvalue weighted by Crippen LogP contribution is 2.32. The van der Waals surface area contributed by atoms with E-state index in [1.54, 1.807) is 19.9 Å². The lowest BCUT2D eigenvalue weighted by Gasteiger charge is -2.09. The van der Waals surface area contributed by atoms with Crippen molar-refractivity contribution in [2.24, 2.45) is 0 Å². The Balaban J connectivity index is 1.64. The summed E-state index contributed by atoms with van der Waals surface area (Å²) in [6, 6.07) is 7.39. The zero-order chi connectivity index (χ0) is 19.6. The van der Waals surface area contributed by atoms with E-state index in [0.717, 1.165) is 11.1 Å². The molecule has 1 amide bonds. The maximum atomic E-state index is 12.1. The van der Waals surface area contributed by atoms with Crippen LogP contribution >= 0.6 is 0 Å². The molecular weight excluding hydrogens is 356 g/mol. The maximum Gasteiger partial charge on any atom is 0.338 e. The van der Waals surface area contributed by atoms with Crippen LogP contribution in [0.1, 0.15) is 21.5 Å². The van der Waals surface area contributed by atoms with Crippen LogP contribution < -0.4 is 14.8 Å². The second-order valence-electron chi connectivity index (χ2n) is 5.90. The molecule has 9 heteroatoms. The van der Waals surface area contributed by atoms with Crippen molar-refractivity contribution in [2.45, 2.75) is 13.8 Å². The Kier molecular flexibility index (Phi) is 4.93. The minimum Gasteiger partial charge on any atom is -0.454 e. The molecule has 0 spiro atoms. The van der Waals surface area contributed by atoms with Crippen LogP contribution in [0.3, 0.4) is 0 Å². The molecule has 3 rings (SSSR count). The minimum absolute atomic E-state index is 0.0484. The van der Waals surface area contributed by atoms with Gasteiger partial charge in [-0.2, -0.15) is 0 Å².